The lowest BCUT2D eigenvalue weighted by molar-refractivity contribution is 0.0651. The van der Waals surface area contributed by atoms with Crippen LogP contribution in [0.4, 0.5) is 0 Å². The van der Waals surface area contributed by atoms with E-state index in [1.807, 2.05) is 31.2 Å². The first kappa shape index (κ1) is 11.5. The minimum absolute atomic E-state index is 0.110. The maximum atomic E-state index is 5.79. The number of hydrogen-bond acceptors (Lipinski definition) is 2. The predicted octanol–water partition coefficient (Wildman–Crippen LogP) is 2.77. The van der Waals surface area contributed by atoms with Crippen molar-refractivity contribution in [1.82, 2.24) is 0 Å². The molecule has 78 valence electrons. The van der Waals surface area contributed by atoms with E-state index in [1.165, 1.54) is 0 Å². The van der Waals surface area contributed by atoms with Crippen LogP contribution in [0.2, 0.25) is 5.02 Å². The van der Waals surface area contributed by atoms with Crippen LogP contribution in [0.15, 0.2) is 24.3 Å². The molecular weight excluding hydrogens is 198 g/mol. The summed E-state index contributed by atoms with van der Waals surface area (Å²) in [6, 6.07) is 7.71. The molecule has 1 aromatic rings. The molecule has 1 aromatic carbocycles. The Bertz CT molecular complexity index is 260. The van der Waals surface area contributed by atoms with Crippen LogP contribution >= 0.6 is 11.6 Å². The van der Waals surface area contributed by atoms with Crippen molar-refractivity contribution in [2.75, 3.05) is 13.2 Å². The topological polar surface area (TPSA) is 35.2 Å². The zero-order valence-corrected chi connectivity index (χ0v) is 9.13. The molecule has 14 heavy (non-hydrogen) atoms. The zero-order chi connectivity index (χ0) is 10.4. The molecule has 1 atom stereocenters. The maximum Gasteiger partial charge on any atom is 0.0796 e. The van der Waals surface area contributed by atoms with Gasteiger partial charge >= 0.3 is 0 Å². The standard InChI is InChI=1S/C11H16ClNO/c1-9(14-8-2-7-13)10-3-5-11(12)6-4-10/h3-6,9H,2,7-8,13H2,1H3. The van der Waals surface area contributed by atoms with Crippen LogP contribution in [-0.4, -0.2) is 13.2 Å². The number of ether oxygens (including phenoxy) is 1. The smallest absolute Gasteiger partial charge is 0.0796 e. The number of halogens is 1. The zero-order valence-electron chi connectivity index (χ0n) is 8.37. The van der Waals surface area contributed by atoms with Gasteiger partial charge in [0, 0.05) is 11.6 Å². The van der Waals surface area contributed by atoms with Crippen LogP contribution in [0.1, 0.15) is 25.0 Å². The van der Waals surface area contributed by atoms with Crippen LogP contribution < -0.4 is 5.73 Å². The molecule has 1 unspecified atom stereocenters. The Balaban J connectivity index is 2.43. The van der Waals surface area contributed by atoms with Crippen LogP contribution in [0.5, 0.6) is 0 Å². The molecule has 0 saturated heterocycles. The molecular formula is C11H16ClNO. The normalized spacial score (nSPS) is 12.8. The Morgan fingerprint density at radius 1 is 1.36 bits per heavy atom. The molecule has 0 aliphatic carbocycles. The molecule has 0 radical (unpaired) electrons. The average Bonchev–Trinajstić information content (AvgIpc) is 2.19. The Hall–Kier alpha value is -0.570. The van der Waals surface area contributed by atoms with Gasteiger partial charge in [-0.05, 0) is 37.6 Å². The van der Waals surface area contributed by atoms with Crippen molar-refractivity contribution in [2.45, 2.75) is 19.4 Å². The van der Waals surface area contributed by atoms with E-state index in [0.29, 0.717) is 13.2 Å². The molecule has 0 bridgehead atoms. The van der Waals surface area contributed by atoms with Gasteiger partial charge in [0.1, 0.15) is 0 Å². The third-order valence-electron chi connectivity index (χ3n) is 2.06. The van der Waals surface area contributed by atoms with Crippen molar-refractivity contribution >= 4 is 11.6 Å². The lowest BCUT2D eigenvalue weighted by Crippen LogP contribution is -2.06. The van der Waals surface area contributed by atoms with Gasteiger partial charge in [0.2, 0.25) is 0 Å². The summed E-state index contributed by atoms with van der Waals surface area (Å²) >= 11 is 5.79. The fourth-order valence-corrected chi connectivity index (χ4v) is 1.30. The predicted molar refractivity (Wildman–Crippen MR) is 59.5 cm³/mol. The second-order valence-corrected chi connectivity index (χ2v) is 3.64. The minimum atomic E-state index is 0.110. The summed E-state index contributed by atoms with van der Waals surface area (Å²) in [5.41, 5.74) is 6.52. The Labute approximate surface area is 90.0 Å². The highest BCUT2D eigenvalue weighted by Gasteiger charge is 2.04. The average molecular weight is 214 g/mol. The van der Waals surface area contributed by atoms with Gasteiger partial charge in [-0.15, -0.1) is 0 Å². The molecule has 0 fully saturated rings. The summed E-state index contributed by atoms with van der Waals surface area (Å²) in [5.74, 6) is 0. The van der Waals surface area contributed by atoms with Gasteiger partial charge in [-0.25, -0.2) is 0 Å². The van der Waals surface area contributed by atoms with Crippen molar-refractivity contribution in [2.24, 2.45) is 5.73 Å². The summed E-state index contributed by atoms with van der Waals surface area (Å²) in [5, 5.41) is 0.753. The third kappa shape index (κ3) is 3.66. The van der Waals surface area contributed by atoms with Crippen molar-refractivity contribution < 1.29 is 4.74 Å². The molecule has 0 saturated carbocycles. The number of nitrogens with two attached hydrogens (primary N) is 1. The van der Waals surface area contributed by atoms with Crippen LogP contribution in [0.3, 0.4) is 0 Å². The first-order chi connectivity index (χ1) is 6.74. The summed E-state index contributed by atoms with van der Waals surface area (Å²) in [6.07, 6.45) is 1.01. The highest BCUT2D eigenvalue weighted by atomic mass is 35.5. The molecule has 2 nitrogen and oxygen atoms in total. The monoisotopic (exact) mass is 213 g/mol. The molecule has 0 aliphatic heterocycles. The van der Waals surface area contributed by atoms with Crippen LogP contribution in [0, 0.1) is 0 Å². The van der Waals surface area contributed by atoms with Gasteiger partial charge in [-0.1, -0.05) is 23.7 Å². The maximum absolute atomic E-state index is 5.79. The fourth-order valence-electron chi connectivity index (χ4n) is 1.17. The molecule has 0 spiro atoms. The molecule has 0 aliphatic rings. The Kier molecular flexibility index (Phi) is 4.94. The van der Waals surface area contributed by atoms with E-state index in [0.717, 1.165) is 17.0 Å². The van der Waals surface area contributed by atoms with Gasteiger partial charge in [0.05, 0.1) is 6.10 Å². The molecule has 1 rings (SSSR count). The fraction of sp³-hybridized carbons (Fsp3) is 0.455. The molecule has 3 heteroatoms. The summed E-state index contributed by atoms with van der Waals surface area (Å²) < 4.78 is 5.59. The van der Waals surface area contributed by atoms with Crippen molar-refractivity contribution in [3.63, 3.8) is 0 Å². The first-order valence-corrected chi connectivity index (χ1v) is 5.19. The second kappa shape index (κ2) is 6.02. The SMILES string of the molecule is CC(OCCCN)c1ccc(Cl)cc1. The lowest BCUT2D eigenvalue weighted by Gasteiger charge is -2.12. The van der Waals surface area contributed by atoms with Crippen LogP contribution in [-0.2, 0) is 4.74 Å². The number of benzene rings is 1. The number of hydrogen-bond donors (Lipinski definition) is 1. The summed E-state index contributed by atoms with van der Waals surface area (Å²) in [6.45, 7) is 3.41. The van der Waals surface area contributed by atoms with E-state index in [4.69, 9.17) is 22.1 Å². The number of rotatable bonds is 5. The van der Waals surface area contributed by atoms with Gasteiger partial charge in [0.15, 0.2) is 0 Å². The summed E-state index contributed by atoms with van der Waals surface area (Å²) in [7, 11) is 0. The van der Waals surface area contributed by atoms with Gasteiger partial charge < -0.3 is 10.5 Å². The molecule has 2 N–H and O–H groups in total. The third-order valence-corrected chi connectivity index (χ3v) is 2.31. The van der Waals surface area contributed by atoms with Crippen molar-refractivity contribution in [1.29, 1.82) is 0 Å². The van der Waals surface area contributed by atoms with Crippen LogP contribution in [0.25, 0.3) is 0 Å². The highest BCUT2D eigenvalue weighted by Crippen LogP contribution is 2.18. The van der Waals surface area contributed by atoms with E-state index in [2.05, 4.69) is 0 Å². The Morgan fingerprint density at radius 3 is 2.57 bits per heavy atom. The van der Waals surface area contributed by atoms with E-state index in [9.17, 15) is 0 Å². The molecule has 0 heterocycles. The quantitative estimate of drug-likeness (QED) is 0.764. The Morgan fingerprint density at radius 2 is 2.00 bits per heavy atom. The van der Waals surface area contributed by atoms with E-state index in [1.54, 1.807) is 0 Å². The minimum Gasteiger partial charge on any atom is -0.374 e. The lowest BCUT2D eigenvalue weighted by atomic mass is 10.1. The van der Waals surface area contributed by atoms with Crippen molar-refractivity contribution in [3.8, 4) is 0 Å². The van der Waals surface area contributed by atoms with Crippen molar-refractivity contribution in [3.05, 3.63) is 34.9 Å². The largest absolute Gasteiger partial charge is 0.374 e. The highest BCUT2D eigenvalue weighted by molar-refractivity contribution is 6.30. The van der Waals surface area contributed by atoms with Gasteiger partial charge in [-0.2, -0.15) is 0 Å². The first-order valence-electron chi connectivity index (χ1n) is 4.81. The van der Waals surface area contributed by atoms with E-state index in [-0.39, 0.29) is 6.10 Å². The summed E-state index contributed by atoms with van der Waals surface area (Å²) in [4.78, 5) is 0. The van der Waals surface area contributed by atoms with Gasteiger partial charge in [-0.3, -0.25) is 0 Å². The van der Waals surface area contributed by atoms with E-state index >= 15 is 0 Å². The van der Waals surface area contributed by atoms with E-state index < -0.39 is 0 Å². The second-order valence-electron chi connectivity index (χ2n) is 3.21. The molecule has 0 aromatic heterocycles. The molecule has 0 amide bonds. The van der Waals surface area contributed by atoms with Gasteiger partial charge in [0.25, 0.3) is 0 Å².